The summed E-state index contributed by atoms with van der Waals surface area (Å²) < 4.78 is 5.64. The van der Waals surface area contributed by atoms with Gasteiger partial charge in [0.2, 0.25) is 0 Å². The number of hydrogen-bond donors (Lipinski definition) is 0. The van der Waals surface area contributed by atoms with Gasteiger partial charge in [-0.05, 0) is 30.7 Å². The molecule has 2 aromatic heterocycles. The van der Waals surface area contributed by atoms with Gasteiger partial charge in [-0.1, -0.05) is 54.4 Å². The van der Waals surface area contributed by atoms with Crippen LogP contribution in [0.3, 0.4) is 0 Å². The fourth-order valence-corrected chi connectivity index (χ4v) is 13.9. The van der Waals surface area contributed by atoms with Gasteiger partial charge in [-0.3, -0.25) is 0 Å². The van der Waals surface area contributed by atoms with E-state index in [1.54, 1.807) is 6.54 Å². The van der Waals surface area contributed by atoms with Gasteiger partial charge in [-0.15, -0.1) is 29.3 Å². The topological polar surface area (TPSA) is 25.8 Å². The summed E-state index contributed by atoms with van der Waals surface area (Å²) in [5.74, 6) is 0. The van der Waals surface area contributed by atoms with Gasteiger partial charge in [0.1, 0.15) is 0 Å². The Hall–Kier alpha value is -3.29. The SMILES string of the molecule is Cc1ccc(-c2[c-]ccc3[c]2[Bi]([CH3])[c]2ccccc2-3)nc1.Cc1cnc(-c2[c-]cc(C)c(-c3ccccc3)c2)cc1C.[Ir]. The maximum atomic E-state index is 4.62. The van der Waals surface area contributed by atoms with Crippen LogP contribution < -0.4 is 6.54 Å². The summed E-state index contributed by atoms with van der Waals surface area (Å²) >= 11 is -1.85. The molecular weight excluding hydrogens is 898 g/mol. The quantitative estimate of drug-likeness (QED) is 0.132. The summed E-state index contributed by atoms with van der Waals surface area (Å²) in [5, 5.41) is 0. The third-order valence-electron chi connectivity index (χ3n) is 7.92. The molecule has 2 nitrogen and oxygen atoms in total. The summed E-state index contributed by atoms with van der Waals surface area (Å²) in [5.41, 5.74) is 14.5. The summed E-state index contributed by atoms with van der Waals surface area (Å²) in [7, 11) is 0. The minimum absolute atomic E-state index is 0. The number of nitrogens with zero attached hydrogens (tertiary/aromatic N) is 2. The Morgan fingerprint density at radius 2 is 1.37 bits per heavy atom. The van der Waals surface area contributed by atoms with E-state index in [4.69, 9.17) is 0 Å². The first-order chi connectivity index (χ1) is 20.4. The van der Waals surface area contributed by atoms with E-state index in [2.05, 4.69) is 145 Å². The average Bonchev–Trinajstić information content (AvgIpc) is 3.32. The Kier molecular flexibility index (Phi) is 9.82. The molecule has 0 saturated heterocycles. The molecule has 0 atom stereocenters. The van der Waals surface area contributed by atoms with Gasteiger partial charge in [0.05, 0.1) is 0 Å². The first-order valence-corrected chi connectivity index (χ1v) is 21.2. The Morgan fingerprint density at radius 1 is 0.628 bits per heavy atom. The van der Waals surface area contributed by atoms with E-state index in [1.807, 2.05) is 18.5 Å². The van der Waals surface area contributed by atoms with E-state index in [-0.39, 0.29) is 20.1 Å². The zero-order chi connectivity index (χ0) is 29.2. The predicted molar refractivity (Wildman–Crippen MR) is 178 cm³/mol. The van der Waals surface area contributed by atoms with Crippen molar-refractivity contribution in [3.63, 3.8) is 0 Å². The monoisotopic (exact) mass is 931 g/mol. The van der Waals surface area contributed by atoms with Gasteiger partial charge in [0, 0.05) is 26.3 Å². The maximum Gasteiger partial charge on any atom is 0.0192 e. The second-order valence-electron chi connectivity index (χ2n) is 10.9. The van der Waals surface area contributed by atoms with Crippen LogP contribution in [0.5, 0.6) is 0 Å². The Labute approximate surface area is 277 Å². The van der Waals surface area contributed by atoms with Crippen molar-refractivity contribution in [3.8, 4) is 44.8 Å². The number of benzene rings is 4. The van der Waals surface area contributed by atoms with Crippen molar-refractivity contribution in [2.75, 3.05) is 0 Å². The molecule has 0 unspecified atom stereocenters. The van der Waals surface area contributed by atoms with Gasteiger partial charge in [-0.25, -0.2) is 0 Å². The zero-order valence-electron chi connectivity index (χ0n) is 25.1. The van der Waals surface area contributed by atoms with Gasteiger partial charge >= 0.3 is 134 Å². The third-order valence-corrected chi connectivity index (χ3v) is 16.7. The van der Waals surface area contributed by atoms with E-state index >= 15 is 0 Å². The van der Waals surface area contributed by atoms with E-state index in [9.17, 15) is 0 Å². The number of aryl methyl sites for hydroxylation is 4. The van der Waals surface area contributed by atoms with Crippen molar-refractivity contribution in [1.82, 2.24) is 9.97 Å². The van der Waals surface area contributed by atoms with Gasteiger partial charge in [0.15, 0.2) is 0 Å². The van der Waals surface area contributed by atoms with E-state index < -0.39 is 21.8 Å². The molecule has 7 rings (SSSR count). The number of fused-ring (bicyclic) bond motifs is 3. The van der Waals surface area contributed by atoms with E-state index in [0.717, 1.165) is 17.0 Å². The van der Waals surface area contributed by atoms with Crippen LogP contribution in [0.25, 0.3) is 44.8 Å². The minimum Gasteiger partial charge on any atom is -0.304 e. The van der Waals surface area contributed by atoms with Crippen molar-refractivity contribution in [3.05, 3.63) is 144 Å². The van der Waals surface area contributed by atoms with Gasteiger partial charge in [0.25, 0.3) is 0 Å². The number of hydrogen-bond acceptors (Lipinski definition) is 2. The fraction of sp³-hybridized carbons (Fsp3) is 0.128. The van der Waals surface area contributed by atoms with Crippen molar-refractivity contribution in [2.24, 2.45) is 0 Å². The van der Waals surface area contributed by atoms with Gasteiger partial charge in [-0.2, -0.15) is 0 Å². The Balaban J connectivity index is 0.000000167. The molecule has 0 saturated carbocycles. The fourth-order valence-electron chi connectivity index (χ4n) is 5.39. The van der Waals surface area contributed by atoms with Crippen LogP contribution in [-0.2, 0) is 20.1 Å². The molecule has 43 heavy (non-hydrogen) atoms. The smallest absolute Gasteiger partial charge is 0.0192 e. The first-order valence-electron chi connectivity index (χ1n) is 14.2. The van der Waals surface area contributed by atoms with Crippen LogP contribution in [0, 0.1) is 39.8 Å². The third kappa shape index (κ3) is 6.48. The van der Waals surface area contributed by atoms with Crippen molar-refractivity contribution >= 4 is 28.3 Å². The largest absolute Gasteiger partial charge is 0.304 e. The molecule has 1 aliphatic rings. The predicted octanol–water partition coefficient (Wildman–Crippen LogP) is 8.21. The molecule has 4 aromatic carbocycles. The molecule has 4 heteroatoms. The molecule has 3 heterocycles. The van der Waals surface area contributed by atoms with Gasteiger partial charge < -0.3 is 4.98 Å². The Morgan fingerprint density at radius 3 is 2.12 bits per heavy atom. The molecule has 0 amide bonds. The van der Waals surface area contributed by atoms with Crippen molar-refractivity contribution < 1.29 is 20.1 Å². The molecule has 0 aliphatic carbocycles. The first kappa shape index (κ1) is 31.1. The van der Waals surface area contributed by atoms with Crippen LogP contribution in [0.15, 0.2) is 109 Å². The zero-order valence-corrected chi connectivity index (χ0v) is 30.9. The molecule has 0 bridgehead atoms. The number of aromatic nitrogens is 2. The maximum absolute atomic E-state index is 4.62. The summed E-state index contributed by atoms with van der Waals surface area (Å²) in [6.45, 7) is 8.40. The van der Waals surface area contributed by atoms with Crippen LogP contribution in [-0.4, -0.2) is 31.7 Å². The second-order valence-corrected chi connectivity index (χ2v) is 18.8. The number of pyridine rings is 2. The molecular formula is C39H33BiIrN2-2. The molecule has 0 fully saturated rings. The molecule has 215 valence electrons. The number of rotatable bonds is 3. The van der Waals surface area contributed by atoms with Crippen LogP contribution in [0.1, 0.15) is 22.3 Å². The van der Waals surface area contributed by atoms with Crippen molar-refractivity contribution in [1.29, 1.82) is 0 Å². The summed E-state index contributed by atoms with van der Waals surface area (Å²) in [6, 6.07) is 41.1. The van der Waals surface area contributed by atoms with Crippen LogP contribution in [0.2, 0.25) is 4.63 Å². The summed E-state index contributed by atoms with van der Waals surface area (Å²) in [6.07, 6.45) is 3.88. The molecule has 0 N–H and O–H groups in total. The van der Waals surface area contributed by atoms with Crippen LogP contribution >= 0.6 is 0 Å². The van der Waals surface area contributed by atoms with E-state index in [1.165, 1.54) is 50.1 Å². The summed E-state index contributed by atoms with van der Waals surface area (Å²) in [4.78, 5) is 9.17. The molecule has 0 spiro atoms. The minimum atomic E-state index is -1.85. The molecule has 1 radical (unpaired) electrons. The normalized spacial score (nSPS) is 11.6. The van der Waals surface area contributed by atoms with Crippen LogP contribution in [0.4, 0.5) is 0 Å². The second kappa shape index (κ2) is 13.6. The van der Waals surface area contributed by atoms with E-state index in [0.29, 0.717) is 0 Å². The van der Waals surface area contributed by atoms with Crippen molar-refractivity contribution in [2.45, 2.75) is 32.3 Å². The standard InChI is InChI=1S/C20H18N.C18H12N.CH3.Bi.Ir/c1-14-9-10-18(20-11-15(2)16(3)13-21-20)12-19(14)17-7-5-4-6-8-17;1-14-10-11-18(19-13-14)17-9-5-8-16(12-17)15-6-3-2-4-7-15;;;/h4-9,11-13H,1-3H3;2-6,8,10-11,13H,1H3;1H3;;/q2*-1;;;. The Bertz CT molecular complexity index is 1880. The average molecular weight is 931 g/mol. The molecule has 6 aromatic rings. The molecule has 1 aliphatic heterocycles.